The van der Waals surface area contributed by atoms with Gasteiger partial charge in [0.15, 0.2) is 0 Å². The maximum atomic E-state index is 11.5. The van der Waals surface area contributed by atoms with Gasteiger partial charge in [-0.15, -0.1) is 0 Å². The van der Waals surface area contributed by atoms with Crippen LogP contribution < -0.4 is 5.73 Å². The Labute approximate surface area is 128 Å². The van der Waals surface area contributed by atoms with Crippen LogP contribution >= 0.6 is 0 Å². The summed E-state index contributed by atoms with van der Waals surface area (Å²) in [5, 5.41) is 1.10. The summed E-state index contributed by atoms with van der Waals surface area (Å²) in [4.78, 5) is 14.1. The summed E-state index contributed by atoms with van der Waals surface area (Å²) in [6, 6.07) is 6.33. The zero-order chi connectivity index (χ0) is 14.6. The fraction of sp³-hybridized carbons (Fsp3) is 0.500. The number of furan rings is 1. The molecule has 2 aliphatic carbocycles. The molecule has 6 rings (SSSR count). The van der Waals surface area contributed by atoms with Gasteiger partial charge in [0.25, 0.3) is 0 Å². The van der Waals surface area contributed by atoms with Crippen molar-refractivity contribution in [1.29, 1.82) is 0 Å². The Balaban J connectivity index is 1.55. The lowest BCUT2D eigenvalue weighted by molar-refractivity contribution is -0.00160. The molecule has 4 aliphatic rings. The second kappa shape index (κ2) is 3.40. The van der Waals surface area contributed by atoms with E-state index < -0.39 is 0 Å². The first-order valence-electron chi connectivity index (χ1n) is 8.26. The Bertz CT molecular complexity index is 854. The van der Waals surface area contributed by atoms with Crippen LogP contribution in [0.15, 0.2) is 22.6 Å². The molecular formula is C18H18N2O2. The van der Waals surface area contributed by atoms with Gasteiger partial charge in [-0.2, -0.15) is 0 Å². The number of amides is 1. The highest BCUT2D eigenvalue weighted by atomic mass is 16.3. The quantitative estimate of drug-likeness (QED) is 0.877. The summed E-state index contributed by atoms with van der Waals surface area (Å²) in [7, 11) is 0. The Morgan fingerprint density at radius 2 is 2.32 bits per heavy atom. The van der Waals surface area contributed by atoms with Crippen molar-refractivity contribution in [3.8, 4) is 0 Å². The molecule has 4 nitrogen and oxygen atoms in total. The standard InChI is InChI=1S/C18H18N2O2/c19-17(21)9-1-2-14-12(5-9)11-3-4-20-8-18-7-10(18)6-13(16(18)20)15(11)22-14/h1-2,5,10,13,16H,3-4,6-8H2,(H2,19,21)/t10?,13?,16?,18-/m1/s1. The summed E-state index contributed by atoms with van der Waals surface area (Å²) in [6.07, 6.45) is 3.75. The number of primary amides is 1. The molecule has 4 heteroatoms. The lowest BCUT2D eigenvalue weighted by Gasteiger charge is -2.49. The van der Waals surface area contributed by atoms with Gasteiger partial charge in [0.2, 0.25) is 5.91 Å². The molecule has 2 aliphatic heterocycles. The van der Waals surface area contributed by atoms with Crippen LogP contribution in [0.3, 0.4) is 0 Å². The molecule has 0 bridgehead atoms. The van der Waals surface area contributed by atoms with Crippen molar-refractivity contribution in [3.05, 3.63) is 35.1 Å². The van der Waals surface area contributed by atoms with E-state index in [4.69, 9.17) is 10.2 Å². The third-order valence-corrected chi connectivity index (χ3v) is 6.77. The fourth-order valence-electron chi connectivity index (χ4n) is 5.79. The summed E-state index contributed by atoms with van der Waals surface area (Å²) in [6.45, 7) is 2.42. The Morgan fingerprint density at radius 1 is 1.41 bits per heavy atom. The average molecular weight is 294 g/mol. The van der Waals surface area contributed by atoms with Crippen molar-refractivity contribution < 1.29 is 9.21 Å². The van der Waals surface area contributed by atoms with E-state index in [0.29, 0.717) is 16.9 Å². The van der Waals surface area contributed by atoms with Gasteiger partial charge in [-0.1, -0.05) is 0 Å². The van der Waals surface area contributed by atoms with E-state index in [0.717, 1.165) is 35.9 Å². The molecule has 1 aromatic carbocycles. The highest BCUT2D eigenvalue weighted by Crippen LogP contribution is 2.74. The van der Waals surface area contributed by atoms with Crippen LogP contribution in [0.4, 0.5) is 0 Å². The topological polar surface area (TPSA) is 59.5 Å². The molecule has 2 aromatic rings. The number of nitrogens with zero attached hydrogens (tertiary/aromatic N) is 1. The first kappa shape index (κ1) is 11.7. The van der Waals surface area contributed by atoms with E-state index >= 15 is 0 Å². The Hall–Kier alpha value is -1.81. The van der Waals surface area contributed by atoms with Gasteiger partial charge >= 0.3 is 0 Å². The van der Waals surface area contributed by atoms with Gasteiger partial charge in [0.05, 0.1) is 0 Å². The molecule has 0 radical (unpaired) electrons. The van der Waals surface area contributed by atoms with E-state index in [2.05, 4.69) is 4.90 Å². The summed E-state index contributed by atoms with van der Waals surface area (Å²) in [5.41, 5.74) is 8.90. The second-order valence-electron chi connectivity index (χ2n) is 7.66. The number of benzene rings is 1. The van der Waals surface area contributed by atoms with Crippen molar-refractivity contribution in [1.82, 2.24) is 4.90 Å². The largest absolute Gasteiger partial charge is 0.460 e. The van der Waals surface area contributed by atoms with Crippen molar-refractivity contribution >= 4 is 16.9 Å². The van der Waals surface area contributed by atoms with E-state index in [1.807, 2.05) is 12.1 Å². The van der Waals surface area contributed by atoms with Gasteiger partial charge in [0.1, 0.15) is 11.3 Å². The minimum absolute atomic E-state index is 0.365. The van der Waals surface area contributed by atoms with Crippen molar-refractivity contribution in [2.24, 2.45) is 17.1 Å². The third kappa shape index (κ3) is 1.16. The van der Waals surface area contributed by atoms with E-state index in [1.165, 1.54) is 30.7 Å². The smallest absolute Gasteiger partial charge is 0.248 e. The predicted octanol–water partition coefficient (Wildman–Crippen LogP) is 2.27. The number of carbonyl (C=O) groups is 1. The molecule has 2 saturated carbocycles. The maximum Gasteiger partial charge on any atom is 0.248 e. The SMILES string of the molecule is NC(=O)c1ccc2oc3c(c2c1)CCN1C[C@]24CC2CC3C14. The molecule has 3 unspecified atom stereocenters. The number of nitrogens with two attached hydrogens (primary N) is 1. The zero-order valence-electron chi connectivity index (χ0n) is 12.3. The molecule has 2 N–H and O–H groups in total. The van der Waals surface area contributed by atoms with Gasteiger partial charge < -0.3 is 10.2 Å². The summed E-state index contributed by atoms with van der Waals surface area (Å²) in [5.74, 6) is 2.33. The van der Waals surface area contributed by atoms with Crippen molar-refractivity contribution in [3.63, 3.8) is 0 Å². The molecule has 3 heterocycles. The molecule has 1 saturated heterocycles. The molecule has 1 spiro atoms. The third-order valence-electron chi connectivity index (χ3n) is 6.77. The first-order valence-corrected chi connectivity index (χ1v) is 8.26. The van der Waals surface area contributed by atoms with Crippen LogP contribution in [-0.4, -0.2) is 29.9 Å². The predicted molar refractivity (Wildman–Crippen MR) is 81.7 cm³/mol. The minimum Gasteiger partial charge on any atom is -0.460 e. The van der Waals surface area contributed by atoms with E-state index in [9.17, 15) is 4.79 Å². The monoisotopic (exact) mass is 294 g/mol. The van der Waals surface area contributed by atoms with Crippen LogP contribution in [0.25, 0.3) is 11.0 Å². The Morgan fingerprint density at radius 3 is 3.18 bits per heavy atom. The molecule has 3 fully saturated rings. The molecule has 1 aromatic heterocycles. The number of carbonyl (C=O) groups excluding carboxylic acids is 1. The van der Waals surface area contributed by atoms with Gasteiger partial charge in [-0.05, 0) is 43.4 Å². The van der Waals surface area contributed by atoms with Crippen LogP contribution in [0.2, 0.25) is 0 Å². The number of hydrogen-bond donors (Lipinski definition) is 1. The molecular weight excluding hydrogens is 276 g/mol. The maximum absolute atomic E-state index is 11.5. The van der Waals surface area contributed by atoms with Crippen molar-refractivity contribution in [2.45, 2.75) is 31.2 Å². The van der Waals surface area contributed by atoms with E-state index in [1.54, 1.807) is 6.07 Å². The Kier molecular flexibility index (Phi) is 1.81. The van der Waals surface area contributed by atoms with Crippen LogP contribution in [0, 0.1) is 11.3 Å². The highest BCUT2D eigenvalue weighted by molar-refractivity contribution is 5.97. The van der Waals surface area contributed by atoms with Crippen LogP contribution in [-0.2, 0) is 6.42 Å². The summed E-state index contributed by atoms with van der Waals surface area (Å²) >= 11 is 0. The van der Waals surface area contributed by atoms with Crippen molar-refractivity contribution in [2.75, 3.05) is 13.1 Å². The number of hydrogen-bond acceptors (Lipinski definition) is 3. The van der Waals surface area contributed by atoms with Gasteiger partial charge in [-0.3, -0.25) is 9.69 Å². The summed E-state index contributed by atoms with van der Waals surface area (Å²) < 4.78 is 6.27. The normalized spacial score (nSPS) is 37.9. The number of rotatable bonds is 1. The average Bonchev–Trinajstić information content (AvgIpc) is 3.04. The van der Waals surface area contributed by atoms with E-state index in [-0.39, 0.29) is 5.91 Å². The first-order chi connectivity index (χ1) is 10.7. The minimum atomic E-state index is -0.365. The van der Waals surface area contributed by atoms with Crippen LogP contribution in [0.5, 0.6) is 0 Å². The van der Waals surface area contributed by atoms with Crippen LogP contribution in [0.1, 0.15) is 40.4 Å². The van der Waals surface area contributed by atoms with Gasteiger partial charge in [0, 0.05) is 47.0 Å². The fourth-order valence-corrected chi connectivity index (χ4v) is 5.79. The zero-order valence-corrected chi connectivity index (χ0v) is 12.3. The van der Waals surface area contributed by atoms with Gasteiger partial charge in [-0.25, -0.2) is 0 Å². The lowest BCUT2D eigenvalue weighted by Crippen LogP contribution is -2.58. The number of fused-ring (bicyclic) bond motifs is 4. The molecule has 112 valence electrons. The molecule has 1 amide bonds. The second-order valence-corrected chi connectivity index (χ2v) is 7.66. The molecule has 22 heavy (non-hydrogen) atoms. The highest BCUT2D eigenvalue weighted by Gasteiger charge is 2.74. The molecule has 4 atom stereocenters. The lowest BCUT2D eigenvalue weighted by atomic mass is 9.80.